The zero-order valence-electron chi connectivity index (χ0n) is 15.8. The first-order valence-electron chi connectivity index (χ1n) is 10.2. The van der Waals surface area contributed by atoms with Gasteiger partial charge in [-0.1, -0.05) is 0 Å². The van der Waals surface area contributed by atoms with E-state index in [9.17, 15) is 9.59 Å². The lowest BCUT2D eigenvalue weighted by Crippen LogP contribution is -2.40. The summed E-state index contributed by atoms with van der Waals surface area (Å²) >= 11 is 0. The van der Waals surface area contributed by atoms with E-state index in [1.807, 2.05) is 4.90 Å². The number of nitrogens with zero attached hydrogens (tertiary/aromatic N) is 3. The minimum Gasteiger partial charge on any atom is -0.336 e. The second-order valence-electron chi connectivity index (χ2n) is 8.46. The van der Waals surface area contributed by atoms with Gasteiger partial charge in [-0.15, -0.1) is 0 Å². The van der Waals surface area contributed by atoms with Crippen molar-refractivity contribution in [3.8, 4) is 0 Å². The number of piperidine rings is 1. The van der Waals surface area contributed by atoms with Gasteiger partial charge < -0.3 is 14.8 Å². The Morgan fingerprint density at radius 3 is 2.85 bits per heavy atom. The predicted molar refractivity (Wildman–Crippen MR) is 99.9 cm³/mol. The molecule has 1 atom stereocenters. The van der Waals surface area contributed by atoms with Crippen molar-refractivity contribution in [3.05, 3.63) is 27.4 Å². The SMILES string of the molecule is CN1CCC[C@@H](CCC(=O)N2CCc3c(nc(CC4CC4)[nH]c3=O)C2)C1. The highest BCUT2D eigenvalue weighted by atomic mass is 16.2. The lowest BCUT2D eigenvalue weighted by molar-refractivity contribution is -0.132. The molecular formula is C20H30N4O2. The fourth-order valence-corrected chi connectivity index (χ4v) is 4.39. The van der Waals surface area contributed by atoms with E-state index in [4.69, 9.17) is 4.98 Å². The van der Waals surface area contributed by atoms with E-state index in [0.717, 1.165) is 36.5 Å². The number of hydrogen-bond donors (Lipinski definition) is 1. The Bertz CT molecular complexity index is 725. The Labute approximate surface area is 155 Å². The van der Waals surface area contributed by atoms with Crippen LogP contribution < -0.4 is 5.56 Å². The van der Waals surface area contributed by atoms with Crippen LogP contribution in [0.5, 0.6) is 0 Å². The van der Waals surface area contributed by atoms with Crippen LogP contribution in [0.15, 0.2) is 4.79 Å². The third kappa shape index (κ3) is 4.17. The van der Waals surface area contributed by atoms with Gasteiger partial charge in [0.25, 0.3) is 5.56 Å². The van der Waals surface area contributed by atoms with Gasteiger partial charge in [0.2, 0.25) is 5.91 Å². The number of hydrogen-bond acceptors (Lipinski definition) is 4. The van der Waals surface area contributed by atoms with Crippen molar-refractivity contribution in [2.75, 3.05) is 26.7 Å². The summed E-state index contributed by atoms with van der Waals surface area (Å²) in [6, 6.07) is 0. The number of rotatable bonds is 5. The van der Waals surface area contributed by atoms with Crippen LogP contribution in [0, 0.1) is 11.8 Å². The summed E-state index contributed by atoms with van der Waals surface area (Å²) in [6.07, 6.45) is 8.04. The van der Waals surface area contributed by atoms with Crippen LogP contribution >= 0.6 is 0 Å². The molecule has 3 heterocycles. The quantitative estimate of drug-likeness (QED) is 0.870. The van der Waals surface area contributed by atoms with E-state index >= 15 is 0 Å². The topological polar surface area (TPSA) is 69.3 Å². The van der Waals surface area contributed by atoms with E-state index in [-0.39, 0.29) is 11.5 Å². The first kappa shape index (κ1) is 17.7. The average molecular weight is 358 g/mol. The Morgan fingerprint density at radius 2 is 2.08 bits per heavy atom. The predicted octanol–water partition coefficient (Wildman–Crippen LogP) is 1.73. The minimum absolute atomic E-state index is 0.00277. The monoisotopic (exact) mass is 358 g/mol. The Hall–Kier alpha value is -1.69. The van der Waals surface area contributed by atoms with Crippen molar-refractivity contribution >= 4 is 5.91 Å². The highest BCUT2D eigenvalue weighted by Crippen LogP contribution is 2.31. The molecule has 2 aliphatic heterocycles. The summed E-state index contributed by atoms with van der Waals surface area (Å²) in [5, 5.41) is 0. The molecule has 1 saturated heterocycles. The number of carbonyl (C=O) groups excluding carboxylic acids is 1. The van der Waals surface area contributed by atoms with Gasteiger partial charge in [-0.05, 0) is 64.0 Å². The normalized spacial score (nSPS) is 23.7. The summed E-state index contributed by atoms with van der Waals surface area (Å²) in [7, 11) is 2.16. The van der Waals surface area contributed by atoms with Crippen LogP contribution in [0.1, 0.15) is 55.6 Å². The van der Waals surface area contributed by atoms with Crippen molar-refractivity contribution in [2.24, 2.45) is 11.8 Å². The zero-order valence-corrected chi connectivity index (χ0v) is 15.8. The molecule has 1 saturated carbocycles. The molecule has 3 aliphatic rings. The summed E-state index contributed by atoms with van der Waals surface area (Å²) in [6.45, 7) is 3.43. The molecule has 1 aromatic heterocycles. The molecule has 0 radical (unpaired) electrons. The smallest absolute Gasteiger partial charge is 0.254 e. The van der Waals surface area contributed by atoms with E-state index in [0.29, 0.717) is 37.8 Å². The molecule has 6 nitrogen and oxygen atoms in total. The van der Waals surface area contributed by atoms with Gasteiger partial charge in [-0.25, -0.2) is 4.98 Å². The van der Waals surface area contributed by atoms with Gasteiger partial charge in [-0.2, -0.15) is 0 Å². The van der Waals surface area contributed by atoms with Gasteiger partial charge in [0.1, 0.15) is 5.82 Å². The molecule has 4 rings (SSSR count). The van der Waals surface area contributed by atoms with Crippen LogP contribution in [-0.4, -0.2) is 52.4 Å². The molecule has 142 valence electrons. The summed E-state index contributed by atoms with van der Waals surface area (Å²) in [4.78, 5) is 36.9. The van der Waals surface area contributed by atoms with Crippen molar-refractivity contribution in [1.82, 2.24) is 19.8 Å². The number of carbonyl (C=O) groups is 1. The lowest BCUT2D eigenvalue weighted by Gasteiger charge is -2.31. The molecule has 0 bridgehead atoms. The van der Waals surface area contributed by atoms with E-state index in [1.165, 1.54) is 32.2 Å². The van der Waals surface area contributed by atoms with E-state index < -0.39 is 0 Å². The van der Waals surface area contributed by atoms with E-state index in [1.54, 1.807) is 0 Å². The maximum atomic E-state index is 12.7. The molecule has 26 heavy (non-hydrogen) atoms. The number of likely N-dealkylation sites (tertiary alicyclic amines) is 1. The standard InChI is InChI=1S/C20H30N4O2/c1-23-9-2-3-15(12-23)6-7-19(25)24-10-8-16-17(13-24)21-18(22-20(16)26)11-14-4-5-14/h14-15H,2-13H2,1H3,(H,21,22,26)/t15-/m0/s1. The van der Waals surface area contributed by atoms with Gasteiger partial charge in [0, 0.05) is 31.5 Å². The molecule has 1 amide bonds. The molecule has 0 unspecified atom stereocenters. The first-order valence-corrected chi connectivity index (χ1v) is 10.2. The molecule has 6 heteroatoms. The number of nitrogens with one attached hydrogen (secondary N) is 1. The summed E-state index contributed by atoms with van der Waals surface area (Å²) < 4.78 is 0. The number of amides is 1. The molecule has 2 fully saturated rings. The first-order chi connectivity index (χ1) is 12.6. The van der Waals surface area contributed by atoms with E-state index in [2.05, 4.69) is 16.9 Å². The van der Waals surface area contributed by atoms with Crippen LogP contribution in [0.2, 0.25) is 0 Å². The average Bonchev–Trinajstić information content (AvgIpc) is 3.43. The molecule has 0 spiro atoms. The maximum absolute atomic E-state index is 12.7. The fourth-order valence-electron chi connectivity index (χ4n) is 4.39. The number of fused-ring (bicyclic) bond motifs is 1. The zero-order chi connectivity index (χ0) is 18.1. The lowest BCUT2D eigenvalue weighted by atomic mass is 9.93. The van der Waals surface area contributed by atoms with Gasteiger partial charge in [-0.3, -0.25) is 9.59 Å². The van der Waals surface area contributed by atoms with Gasteiger partial charge >= 0.3 is 0 Å². The second-order valence-corrected chi connectivity index (χ2v) is 8.46. The number of H-pyrrole nitrogens is 1. The fraction of sp³-hybridized carbons (Fsp3) is 0.750. The minimum atomic E-state index is 0.00277. The maximum Gasteiger partial charge on any atom is 0.254 e. The number of aromatic amines is 1. The van der Waals surface area contributed by atoms with Crippen LogP contribution in [-0.2, 0) is 24.2 Å². The summed E-state index contributed by atoms with van der Waals surface area (Å²) in [5.41, 5.74) is 1.60. The Morgan fingerprint density at radius 1 is 1.23 bits per heavy atom. The second kappa shape index (κ2) is 7.51. The molecular weight excluding hydrogens is 328 g/mol. The van der Waals surface area contributed by atoms with Gasteiger partial charge in [0.15, 0.2) is 0 Å². The van der Waals surface area contributed by atoms with Crippen LogP contribution in [0.3, 0.4) is 0 Å². The Balaban J connectivity index is 1.36. The van der Waals surface area contributed by atoms with Crippen molar-refractivity contribution in [1.29, 1.82) is 0 Å². The highest BCUT2D eigenvalue weighted by molar-refractivity contribution is 5.76. The molecule has 0 aromatic carbocycles. The number of aromatic nitrogens is 2. The van der Waals surface area contributed by atoms with Crippen LogP contribution in [0.25, 0.3) is 0 Å². The van der Waals surface area contributed by atoms with Crippen LogP contribution in [0.4, 0.5) is 0 Å². The van der Waals surface area contributed by atoms with Crippen molar-refractivity contribution < 1.29 is 4.79 Å². The largest absolute Gasteiger partial charge is 0.336 e. The van der Waals surface area contributed by atoms with Crippen molar-refractivity contribution in [2.45, 2.75) is 57.9 Å². The molecule has 1 N–H and O–H groups in total. The van der Waals surface area contributed by atoms with Crippen molar-refractivity contribution in [3.63, 3.8) is 0 Å². The summed E-state index contributed by atoms with van der Waals surface area (Å²) in [5.74, 6) is 2.34. The third-order valence-corrected chi connectivity index (χ3v) is 6.14. The highest BCUT2D eigenvalue weighted by Gasteiger charge is 2.27. The van der Waals surface area contributed by atoms with Gasteiger partial charge in [0.05, 0.1) is 12.2 Å². The Kier molecular flexibility index (Phi) is 5.11. The molecule has 1 aliphatic carbocycles. The third-order valence-electron chi connectivity index (χ3n) is 6.14. The molecule has 1 aromatic rings.